The molecule has 0 saturated carbocycles. The number of nitrogens with two attached hydrogens (primary N) is 1. The average molecular weight is 458 g/mol. The van der Waals surface area contributed by atoms with E-state index in [2.05, 4.69) is 37.4 Å². The number of aromatic nitrogens is 3. The molecule has 0 aliphatic heterocycles. The molecule has 1 amide bonds. The Bertz CT molecular complexity index is 1130. The minimum absolute atomic E-state index is 0.116. The first-order chi connectivity index (χ1) is 13.6. The second-order valence-electron chi connectivity index (χ2n) is 6.60. The minimum atomic E-state index is -0.146. The van der Waals surface area contributed by atoms with Crippen molar-refractivity contribution in [1.82, 2.24) is 20.1 Å². The topological polar surface area (TPSA) is 88.7 Å². The zero-order valence-electron chi connectivity index (χ0n) is 15.3. The van der Waals surface area contributed by atoms with Crippen LogP contribution in [-0.4, -0.2) is 33.3 Å². The summed E-state index contributed by atoms with van der Waals surface area (Å²) in [6.45, 7) is 0.367. The molecule has 0 saturated heterocycles. The van der Waals surface area contributed by atoms with Crippen molar-refractivity contribution in [2.45, 2.75) is 12.5 Å². The zero-order chi connectivity index (χ0) is 19.7. The number of nitrogens with zero attached hydrogens (tertiary/aromatic N) is 2. The highest BCUT2D eigenvalue weighted by Gasteiger charge is 2.19. The van der Waals surface area contributed by atoms with Gasteiger partial charge in [0.15, 0.2) is 0 Å². The van der Waals surface area contributed by atoms with Crippen LogP contribution in [0.5, 0.6) is 0 Å². The molecule has 8 heteroatoms. The van der Waals surface area contributed by atoms with E-state index in [-0.39, 0.29) is 11.9 Å². The van der Waals surface area contributed by atoms with E-state index >= 15 is 0 Å². The SMILES string of the molecule is Cn1nccc1-c1sc(C(=O)N[C@H](CN)Cc2c[nH]c3ccccc23)cc1Br. The third-order valence-corrected chi connectivity index (χ3v) is 6.77. The molecule has 28 heavy (non-hydrogen) atoms. The molecule has 4 aromatic rings. The first kappa shape index (κ1) is 18.9. The number of carbonyl (C=O) groups is 1. The molecule has 0 fully saturated rings. The van der Waals surface area contributed by atoms with Crippen LogP contribution in [0.4, 0.5) is 0 Å². The third-order valence-electron chi connectivity index (χ3n) is 4.73. The number of carbonyl (C=O) groups excluding carboxylic acids is 1. The number of thiophene rings is 1. The second-order valence-corrected chi connectivity index (χ2v) is 8.50. The van der Waals surface area contributed by atoms with Crippen molar-refractivity contribution in [3.63, 3.8) is 0 Å². The lowest BCUT2D eigenvalue weighted by atomic mass is 10.0. The third kappa shape index (κ3) is 3.63. The first-order valence-electron chi connectivity index (χ1n) is 8.90. The van der Waals surface area contributed by atoms with Gasteiger partial charge in [0, 0.05) is 47.4 Å². The lowest BCUT2D eigenvalue weighted by Crippen LogP contribution is -2.41. The van der Waals surface area contributed by atoms with Gasteiger partial charge in [0.25, 0.3) is 5.91 Å². The number of aryl methyl sites for hydroxylation is 1. The summed E-state index contributed by atoms with van der Waals surface area (Å²) in [5.74, 6) is -0.116. The van der Waals surface area contributed by atoms with Crippen LogP contribution in [0.25, 0.3) is 21.5 Å². The first-order valence-corrected chi connectivity index (χ1v) is 10.5. The fraction of sp³-hybridized carbons (Fsp3) is 0.200. The van der Waals surface area contributed by atoms with Crippen molar-refractivity contribution in [1.29, 1.82) is 0 Å². The highest BCUT2D eigenvalue weighted by molar-refractivity contribution is 9.10. The van der Waals surface area contributed by atoms with Gasteiger partial charge in [-0.2, -0.15) is 5.10 Å². The van der Waals surface area contributed by atoms with Crippen molar-refractivity contribution < 1.29 is 4.79 Å². The van der Waals surface area contributed by atoms with Crippen molar-refractivity contribution >= 4 is 44.1 Å². The van der Waals surface area contributed by atoms with Crippen LogP contribution >= 0.6 is 27.3 Å². The normalized spacial score (nSPS) is 12.4. The van der Waals surface area contributed by atoms with E-state index in [1.54, 1.807) is 10.9 Å². The number of amides is 1. The van der Waals surface area contributed by atoms with Crippen LogP contribution in [0.1, 0.15) is 15.2 Å². The van der Waals surface area contributed by atoms with Crippen LogP contribution in [0.3, 0.4) is 0 Å². The summed E-state index contributed by atoms with van der Waals surface area (Å²) in [4.78, 5) is 17.7. The molecule has 0 unspecified atom stereocenters. The maximum atomic E-state index is 12.8. The molecule has 6 nitrogen and oxygen atoms in total. The summed E-state index contributed by atoms with van der Waals surface area (Å²) in [6, 6.07) is 11.8. The van der Waals surface area contributed by atoms with Gasteiger partial charge in [0.2, 0.25) is 0 Å². The number of nitrogens with one attached hydrogen (secondary N) is 2. The second kappa shape index (κ2) is 7.90. The minimum Gasteiger partial charge on any atom is -0.361 e. The number of hydrogen-bond donors (Lipinski definition) is 3. The predicted octanol–water partition coefficient (Wildman–Crippen LogP) is 3.69. The van der Waals surface area contributed by atoms with E-state index in [0.29, 0.717) is 17.8 Å². The summed E-state index contributed by atoms with van der Waals surface area (Å²) in [5.41, 5.74) is 9.15. The Balaban J connectivity index is 1.51. The Kier molecular flexibility index (Phi) is 5.34. The molecule has 1 aromatic carbocycles. The number of fused-ring (bicyclic) bond motifs is 1. The number of para-hydroxylation sites is 1. The number of halogens is 1. The molecule has 0 radical (unpaired) electrons. The Hall–Kier alpha value is -2.42. The number of benzene rings is 1. The molecule has 0 spiro atoms. The van der Waals surface area contributed by atoms with Crippen LogP contribution in [-0.2, 0) is 13.5 Å². The van der Waals surface area contributed by atoms with Gasteiger partial charge in [0.05, 0.1) is 15.4 Å². The van der Waals surface area contributed by atoms with E-state index in [0.717, 1.165) is 31.5 Å². The number of aromatic amines is 1. The summed E-state index contributed by atoms with van der Waals surface area (Å²) >= 11 is 5.00. The van der Waals surface area contributed by atoms with Gasteiger partial charge >= 0.3 is 0 Å². The number of H-pyrrole nitrogens is 1. The lowest BCUT2D eigenvalue weighted by Gasteiger charge is -2.16. The van der Waals surface area contributed by atoms with Gasteiger partial charge in [-0.1, -0.05) is 18.2 Å². The molecule has 0 aliphatic carbocycles. The molecule has 4 rings (SSSR count). The Morgan fingerprint density at radius 1 is 1.39 bits per heavy atom. The molecule has 0 bridgehead atoms. The zero-order valence-corrected chi connectivity index (χ0v) is 17.7. The number of rotatable bonds is 6. The highest BCUT2D eigenvalue weighted by Crippen LogP contribution is 2.36. The van der Waals surface area contributed by atoms with Gasteiger partial charge < -0.3 is 16.0 Å². The summed E-state index contributed by atoms with van der Waals surface area (Å²) < 4.78 is 2.67. The largest absolute Gasteiger partial charge is 0.361 e. The van der Waals surface area contributed by atoms with Crippen LogP contribution < -0.4 is 11.1 Å². The summed E-state index contributed by atoms with van der Waals surface area (Å²) in [7, 11) is 1.88. The van der Waals surface area contributed by atoms with Crippen molar-refractivity contribution in [3.05, 3.63) is 63.7 Å². The van der Waals surface area contributed by atoms with Crippen LogP contribution in [0.2, 0.25) is 0 Å². The smallest absolute Gasteiger partial charge is 0.261 e. The molecule has 1 atom stereocenters. The fourth-order valence-electron chi connectivity index (χ4n) is 3.27. The van der Waals surface area contributed by atoms with E-state index in [4.69, 9.17) is 5.73 Å². The Morgan fingerprint density at radius 3 is 2.96 bits per heavy atom. The number of hydrogen-bond acceptors (Lipinski definition) is 4. The molecular weight excluding hydrogens is 438 g/mol. The lowest BCUT2D eigenvalue weighted by molar-refractivity contribution is 0.0942. The van der Waals surface area contributed by atoms with Crippen molar-refractivity contribution in [2.24, 2.45) is 12.8 Å². The molecule has 0 aliphatic rings. The average Bonchev–Trinajstić information content (AvgIpc) is 3.40. The Morgan fingerprint density at radius 2 is 2.21 bits per heavy atom. The predicted molar refractivity (Wildman–Crippen MR) is 117 cm³/mol. The highest BCUT2D eigenvalue weighted by atomic mass is 79.9. The molecular formula is C20H20BrN5OS. The Labute approximate surface area is 174 Å². The van der Waals surface area contributed by atoms with Crippen molar-refractivity contribution in [3.8, 4) is 10.6 Å². The van der Waals surface area contributed by atoms with Gasteiger partial charge in [0.1, 0.15) is 0 Å². The van der Waals surface area contributed by atoms with Gasteiger partial charge in [-0.05, 0) is 46.1 Å². The molecule has 3 aromatic heterocycles. The quantitative estimate of drug-likeness (QED) is 0.412. The monoisotopic (exact) mass is 457 g/mol. The van der Waals surface area contributed by atoms with E-state index < -0.39 is 0 Å². The maximum Gasteiger partial charge on any atom is 0.261 e. The van der Waals surface area contributed by atoms with E-state index in [1.807, 2.05) is 43.6 Å². The summed E-state index contributed by atoms with van der Waals surface area (Å²) in [5, 5.41) is 8.43. The fourth-order valence-corrected chi connectivity index (χ4v) is 5.10. The summed E-state index contributed by atoms with van der Waals surface area (Å²) in [6.07, 6.45) is 4.40. The van der Waals surface area contributed by atoms with Crippen LogP contribution in [0.15, 0.2) is 53.3 Å². The maximum absolute atomic E-state index is 12.8. The molecule has 144 valence electrons. The van der Waals surface area contributed by atoms with E-state index in [9.17, 15) is 4.79 Å². The molecule has 4 N–H and O–H groups in total. The standard InChI is InChI=1S/C20H20BrN5OS/c1-26-17(6-7-24-26)19-15(21)9-18(28-19)20(27)25-13(10-22)8-12-11-23-16-5-3-2-4-14(12)16/h2-7,9,11,13,23H,8,10,22H2,1H3,(H,25,27)/t13-/m0/s1. The van der Waals surface area contributed by atoms with E-state index in [1.165, 1.54) is 11.3 Å². The van der Waals surface area contributed by atoms with Gasteiger partial charge in [-0.25, -0.2) is 0 Å². The van der Waals surface area contributed by atoms with Crippen molar-refractivity contribution in [2.75, 3.05) is 6.54 Å². The van der Waals surface area contributed by atoms with Gasteiger partial charge in [-0.3, -0.25) is 9.48 Å². The van der Waals surface area contributed by atoms with Gasteiger partial charge in [-0.15, -0.1) is 11.3 Å². The van der Waals surface area contributed by atoms with Crippen LogP contribution in [0, 0.1) is 0 Å². The molecule has 3 heterocycles.